The van der Waals surface area contributed by atoms with E-state index in [4.69, 9.17) is 14.2 Å². The van der Waals surface area contributed by atoms with Crippen molar-refractivity contribution in [2.75, 3.05) is 41.0 Å². The smallest absolute Gasteiger partial charge is 0.221 e. The number of hydrogen-bond donors (Lipinski definition) is 3. The molecule has 0 aliphatic rings. The fraction of sp³-hybridized carbons (Fsp3) is 0.579. The lowest BCUT2D eigenvalue weighted by Crippen LogP contribution is -2.39. The largest absolute Gasteiger partial charge is 0.493 e. The van der Waals surface area contributed by atoms with Gasteiger partial charge in [-0.15, -0.1) is 0 Å². The summed E-state index contributed by atoms with van der Waals surface area (Å²) in [5.41, 5.74) is 0.919. The number of carbonyl (C=O) groups is 1. The average Bonchev–Trinajstić information content (AvgIpc) is 2.69. The van der Waals surface area contributed by atoms with Gasteiger partial charge in [0.1, 0.15) is 0 Å². The quantitative estimate of drug-likeness (QED) is 0.400. The van der Waals surface area contributed by atoms with Gasteiger partial charge in [0.15, 0.2) is 17.5 Å². The fourth-order valence-electron chi connectivity index (χ4n) is 2.39. The van der Waals surface area contributed by atoms with E-state index >= 15 is 0 Å². The predicted octanol–water partition coefficient (Wildman–Crippen LogP) is 1.68. The molecule has 0 fully saturated rings. The third kappa shape index (κ3) is 7.64. The Hall–Kier alpha value is -2.64. The average molecular weight is 380 g/mol. The van der Waals surface area contributed by atoms with Gasteiger partial charge in [-0.1, -0.05) is 6.92 Å². The van der Waals surface area contributed by atoms with Gasteiger partial charge in [0.2, 0.25) is 11.7 Å². The van der Waals surface area contributed by atoms with Gasteiger partial charge in [0, 0.05) is 26.1 Å². The summed E-state index contributed by atoms with van der Waals surface area (Å²) in [6.07, 6.45) is 1.33. The SMILES string of the molecule is CCCNC(=O)CCNC(=NCc1cc(OC)c(OC)c(OC)c1)NCC. The predicted molar refractivity (Wildman–Crippen MR) is 107 cm³/mol. The summed E-state index contributed by atoms with van der Waals surface area (Å²) in [5.74, 6) is 2.41. The Labute approximate surface area is 161 Å². The van der Waals surface area contributed by atoms with Crippen molar-refractivity contribution in [3.63, 3.8) is 0 Å². The van der Waals surface area contributed by atoms with Crippen molar-refractivity contribution < 1.29 is 19.0 Å². The van der Waals surface area contributed by atoms with E-state index in [2.05, 4.69) is 20.9 Å². The van der Waals surface area contributed by atoms with Crippen molar-refractivity contribution in [2.24, 2.45) is 4.99 Å². The maximum Gasteiger partial charge on any atom is 0.221 e. The number of benzene rings is 1. The molecular formula is C19H32N4O4. The molecule has 0 aliphatic carbocycles. The van der Waals surface area contributed by atoms with Crippen molar-refractivity contribution in [3.8, 4) is 17.2 Å². The summed E-state index contributed by atoms with van der Waals surface area (Å²) in [5, 5.41) is 9.19. The van der Waals surface area contributed by atoms with Crippen LogP contribution in [0.15, 0.2) is 17.1 Å². The first-order chi connectivity index (χ1) is 13.1. The molecule has 0 aromatic heterocycles. The maximum absolute atomic E-state index is 11.7. The van der Waals surface area contributed by atoms with Crippen LogP contribution in [0.1, 0.15) is 32.3 Å². The van der Waals surface area contributed by atoms with Gasteiger partial charge in [-0.25, -0.2) is 4.99 Å². The zero-order valence-electron chi connectivity index (χ0n) is 17.0. The molecule has 0 bridgehead atoms. The zero-order chi connectivity index (χ0) is 20.1. The highest BCUT2D eigenvalue weighted by molar-refractivity contribution is 5.81. The van der Waals surface area contributed by atoms with Gasteiger partial charge in [0.25, 0.3) is 0 Å². The van der Waals surface area contributed by atoms with Crippen molar-refractivity contribution in [1.82, 2.24) is 16.0 Å². The first kappa shape index (κ1) is 22.4. The maximum atomic E-state index is 11.7. The molecule has 8 nitrogen and oxygen atoms in total. The van der Waals surface area contributed by atoms with E-state index in [-0.39, 0.29) is 5.91 Å². The monoisotopic (exact) mass is 380 g/mol. The number of methoxy groups -OCH3 is 3. The molecule has 1 rings (SSSR count). The molecule has 0 unspecified atom stereocenters. The molecule has 0 aliphatic heterocycles. The molecule has 1 aromatic carbocycles. The van der Waals surface area contributed by atoms with Crippen LogP contribution >= 0.6 is 0 Å². The summed E-state index contributed by atoms with van der Waals surface area (Å²) in [6, 6.07) is 3.74. The van der Waals surface area contributed by atoms with Crippen molar-refractivity contribution >= 4 is 11.9 Å². The Morgan fingerprint density at radius 2 is 1.63 bits per heavy atom. The minimum Gasteiger partial charge on any atom is -0.493 e. The molecule has 3 N–H and O–H groups in total. The number of hydrogen-bond acceptors (Lipinski definition) is 5. The van der Waals surface area contributed by atoms with E-state index in [0.29, 0.717) is 49.3 Å². The number of rotatable bonds is 11. The molecule has 0 spiro atoms. The standard InChI is InChI=1S/C19H32N4O4/c1-6-9-21-17(24)8-10-22-19(20-7-2)23-13-14-11-15(25-3)18(27-5)16(12-14)26-4/h11-12H,6-10,13H2,1-5H3,(H,21,24)(H2,20,22,23). The number of ether oxygens (including phenoxy) is 3. The summed E-state index contributed by atoms with van der Waals surface area (Å²) in [7, 11) is 4.74. The molecule has 0 radical (unpaired) electrons. The molecule has 27 heavy (non-hydrogen) atoms. The number of guanidine groups is 1. The van der Waals surface area contributed by atoms with Gasteiger partial charge >= 0.3 is 0 Å². The van der Waals surface area contributed by atoms with Crippen molar-refractivity contribution in [2.45, 2.75) is 33.2 Å². The van der Waals surface area contributed by atoms with Gasteiger partial charge in [-0.05, 0) is 31.0 Å². The minimum atomic E-state index is 0.0322. The highest BCUT2D eigenvalue weighted by atomic mass is 16.5. The highest BCUT2D eigenvalue weighted by Crippen LogP contribution is 2.38. The first-order valence-corrected chi connectivity index (χ1v) is 9.17. The van der Waals surface area contributed by atoms with Crippen molar-refractivity contribution in [1.29, 1.82) is 0 Å². The molecule has 1 aromatic rings. The lowest BCUT2D eigenvalue weighted by atomic mass is 10.2. The van der Waals surface area contributed by atoms with Gasteiger partial charge < -0.3 is 30.2 Å². The van der Waals surface area contributed by atoms with Crippen LogP contribution < -0.4 is 30.2 Å². The van der Waals surface area contributed by atoms with Crippen LogP contribution in [0.2, 0.25) is 0 Å². The second-order valence-corrected chi connectivity index (χ2v) is 5.76. The number of aliphatic imine (C=N–C) groups is 1. The van der Waals surface area contributed by atoms with E-state index in [1.54, 1.807) is 21.3 Å². The fourth-order valence-corrected chi connectivity index (χ4v) is 2.39. The molecule has 152 valence electrons. The first-order valence-electron chi connectivity index (χ1n) is 9.17. The molecule has 0 saturated carbocycles. The normalized spacial score (nSPS) is 10.9. The second-order valence-electron chi connectivity index (χ2n) is 5.76. The lowest BCUT2D eigenvalue weighted by Gasteiger charge is -2.14. The van der Waals surface area contributed by atoms with Crippen LogP contribution in [0.4, 0.5) is 0 Å². The van der Waals surface area contributed by atoms with Crippen LogP contribution in [0, 0.1) is 0 Å². The van der Waals surface area contributed by atoms with Crippen LogP contribution in [0.3, 0.4) is 0 Å². The Balaban J connectivity index is 2.75. The number of carbonyl (C=O) groups excluding carboxylic acids is 1. The van der Waals surface area contributed by atoms with Gasteiger partial charge in [0.05, 0.1) is 27.9 Å². The van der Waals surface area contributed by atoms with E-state index in [1.807, 2.05) is 26.0 Å². The van der Waals surface area contributed by atoms with E-state index in [9.17, 15) is 4.79 Å². The van der Waals surface area contributed by atoms with Gasteiger partial charge in [-0.3, -0.25) is 4.79 Å². The lowest BCUT2D eigenvalue weighted by molar-refractivity contribution is -0.120. The van der Waals surface area contributed by atoms with Crippen LogP contribution in [0.25, 0.3) is 0 Å². The highest BCUT2D eigenvalue weighted by Gasteiger charge is 2.13. The topological polar surface area (TPSA) is 93.2 Å². The molecule has 0 heterocycles. The number of nitrogens with one attached hydrogen (secondary N) is 3. The van der Waals surface area contributed by atoms with Crippen LogP contribution in [-0.4, -0.2) is 52.8 Å². The van der Waals surface area contributed by atoms with E-state index in [0.717, 1.165) is 18.5 Å². The minimum absolute atomic E-state index is 0.0322. The second kappa shape index (κ2) is 12.7. The molecule has 8 heteroatoms. The van der Waals surface area contributed by atoms with Gasteiger partial charge in [-0.2, -0.15) is 0 Å². The molecular weight excluding hydrogens is 348 g/mol. The van der Waals surface area contributed by atoms with Crippen LogP contribution in [-0.2, 0) is 11.3 Å². The number of amides is 1. The van der Waals surface area contributed by atoms with E-state index < -0.39 is 0 Å². The summed E-state index contributed by atoms with van der Waals surface area (Å²) in [6.45, 7) is 6.38. The third-order valence-electron chi connectivity index (χ3n) is 3.71. The third-order valence-corrected chi connectivity index (χ3v) is 3.71. The van der Waals surface area contributed by atoms with E-state index in [1.165, 1.54) is 0 Å². The Morgan fingerprint density at radius 3 is 2.15 bits per heavy atom. The Morgan fingerprint density at radius 1 is 0.963 bits per heavy atom. The molecule has 1 amide bonds. The summed E-state index contributed by atoms with van der Waals surface area (Å²) < 4.78 is 16.1. The Bertz CT molecular complexity index is 595. The molecule has 0 saturated heterocycles. The Kier molecular flexibility index (Phi) is 10.5. The van der Waals surface area contributed by atoms with Crippen molar-refractivity contribution in [3.05, 3.63) is 17.7 Å². The zero-order valence-corrected chi connectivity index (χ0v) is 17.0. The number of nitrogens with zero attached hydrogens (tertiary/aromatic N) is 1. The van der Waals surface area contributed by atoms with Crippen LogP contribution in [0.5, 0.6) is 17.2 Å². The molecule has 0 atom stereocenters. The summed E-state index contributed by atoms with van der Waals surface area (Å²) in [4.78, 5) is 16.2. The summed E-state index contributed by atoms with van der Waals surface area (Å²) >= 11 is 0.